The van der Waals surface area contributed by atoms with Crippen molar-refractivity contribution >= 4 is 17.2 Å². The third-order valence-corrected chi connectivity index (χ3v) is 4.63. The largest absolute Gasteiger partial charge is 0.357 e. The molecule has 21 heavy (non-hydrogen) atoms. The molecule has 2 heterocycles. The van der Waals surface area contributed by atoms with Crippen molar-refractivity contribution in [1.82, 2.24) is 15.3 Å². The van der Waals surface area contributed by atoms with Gasteiger partial charge in [-0.3, -0.25) is 4.79 Å². The molecule has 1 aliphatic carbocycles. The Labute approximate surface area is 128 Å². The van der Waals surface area contributed by atoms with E-state index in [1.807, 2.05) is 24.6 Å². The number of hydrogen-bond acceptors (Lipinski definition) is 3. The molecule has 1 amide bonds. The third-order valence-electron chi connectivity index (χ3n) is 3.86. The summed E-state index contributed by atoms with van der Waals surface area (Å²) in [5, 5.41) is 6.18. The van der Waals surface area contributed by atoms with Gasteiger partial charge in [0, 0.05) is 22.7 Å². The maximum atomic E-state index is 12.4. The minimum Gasteiger partial charge on any atom is -0.357 e. The second-order valence-electron chi connectivity index (χ2n) is 5.78. The number of nitrogens with one attached hydrogen (secondary N) is 2. The fraction of sp³-hybridized carbons (Fsp3) is 0.375. The van der Waals surface area contributed by atoms with Gasteiger partial charge in [0.25, 0.3) is 5.91 Å². The van der Waals surface area contributed by atoms with E-state index in [0.717, 1.165) is 35.5 Å². The highest BCUT2D eigenvalue weighted by Gasteiger charge is 2.27. The molecule has 5 heteroatoms. The summed E-state index contributed by atoms with van der Waals surface area (Å²) in [5.41, 5.74) is 2.32. The lowest BCUT2D eigenvalue weighted by Crippen LogP contribution is -2.46. The van der Waals surface area contributed by atoms with Crippen LogP contribution in [0.15, 0.2) is 29.8 Å². The minimum atomic E-state index is -0.145. The summed E-state index contributed by atoms with van der Waals surface area (Å²) in [6, 6.07) is 1.87. The molecule has 1 aliphatic rings. The fourth-order valence-corrected chi connectivity index (χ4v) is 3.21. The van der Waals surface area contributed by atoms with Crippen molar-refractivity contribution in [1.29, 1.82) is 0 Å². The van der Waals surface area contributed by atoms with E-state index in [2.05, 4.69) is 34.4 Å². The zero-order valence-corrected chi connectivity index (χ0v) is 13.1. The van der Waals surface area contributed by atoms with Crippen molar-refractivity contribution < 1.29 is 4.79 Å². The summed E-state index contributed by atoms with van der Waals surface area (Å²) >= 11 is 1.61. The van der Waals surface area contributed by atoms with Crippen LogP contribution in [0, 0.1) is 6.92 Å². The molecule has 0 saturated carbocycles. The van der Waals surface area contributed by atoms with Gasteiger partial charge in [-0.2, -0.15) is 0 Å². The minimum absolute atomic E-state index is 0.0500. The monoisotopic (exact) mass is 301 g/mol. The van der Waals surface area contributed by atoms with Gasteiger partial charge in [0.2, 0.25) is 0 Å². The van der Waals surface area contributed by atoms with Crippen molar-refractivity contribution in [3.63, 3.8) is 0 Å². The highest BCUT2D eigenvalue weighted by atomic mass is 32.1. The number of aromatic nitrogens is 2. The molecule has 110 valence electrons. The Bertz CT molecular complexity index is 685. The lowest BCUT2D eigenvalue weighted by molar-refractivity contribution is 0.0896. The summed E-state index contributed by atoms with van der Waals surface area (Å²) in [6.45, 7) is 4.08. The van der Waals surface area contributed by atoms with Crippen molar-refractivity contribution in [2.45, 2.75) is 38.6 Å². The molecule has 0 aromatic carbocycles. The number of H-pyrrole nitrogens is 1. The van der Waals surface area contributed by atoms with Gasteiger partial charge in [0.1, 0.15) is 5.69 Å². The highest BCUT2D eigenvalue weighted by Crippen LogP contribution is 2.25. The van der Waals surface area contributed by atoms with Crippen LogP contribution in [0.5, 0.6) is 0 Å². The molecule has 1 atom stereocenters. The van der Waals surface area contributed by atoms with Gasteiger partial charge in [0.05, 0.1) is 10.7 Å². The van der Waals surface area contributed by atoms with Crippen LogP contribution in [0.25, 0.3) is 11.3 Å². The summed E-state index contributed by atoms with van der Waals surface area (Å²) < 4.78 is 0. The van der Waals surface area contributed by atoms with Crippen LogP contribution in [-0.4, -0.2) is 21.4 Å². The Morgan fingerprint density at radius 2 is 2.33 bits per heavy atom. The van der Waals surface area contributed by atoms with E-state index in [4.69, 9.17) is 0 Å². The first-order chi connectivity index (χ1) is 10.1. The van der Waals surface area contributed by atoms with Crippen LogP contribution < -0.4 is 5.32 Å². The normalized spacial score (nSPS) is 21.4. The van der Waals surface area contributed by atoms with Gasteiger partial charge in [-0.05, 0) is 39.2 Å². The Hall–Kier alpha value is -1.88. The molecule has 3 rings (SSSR count). The summed E-state index contributed by atoms with van der Waals surface area (Å²) in [4.78, 5) is 19.9. The number of aryl methyl sites for hydroxylation is 1. The number of rotatable bonds is 3. The van der Waals surface area contributed by atoms with E-state index in [-0.39, 0.29) is 11.4 Å². The van der Waals surface area contributed by atoms with Gasteiger partial charge in [-0.25, -0.2) is 4.98 Å². The lowest BCUT2D eigenvalue weighted by atomic mass is 9.87. The predicted octanol–water partition coefficient (Wildman–Crippen LogP) is 3.68. The quantitative estimate of drug-likeness (QED) is 0.850. The maximum absolute atomic E-state index is 12.4. The molecule has 1 unspecified atom stereocenters. The highest BCUT2D eigenvalue weighted by molar-refractivity contribution is 7.09. The molecule has 4 nitrogen and oxygen atoms in total. The van der Waals surface area contributed by atoms with Crippen LogP contribution in [-0.2, 0) is 0 Å². The first kappa shape index (κ1) is 14.1. The number of amides is 1. The van der Waals surface area contributed by atoms with Gasteiger partial charge < -0.3 is 10.3 Å². The molecule has 2 aromatic rings. The van der Waals surface area contributed by atoms with E-state index >= 15 is 0 Å². The lowest BCUT2D eigenvalue weighted by Gasteiger charge is -2.31. The van der Waals surface area contributed by atoms with Gasteiger partial charge in [-0.1, -0.05) is 12.2 Å². The Balaban J connectivity index is 1.74. The standard InChI is InChI=1S/C16H19N3OS/c1-11-18-14(10-21-11)12-8-13(17-9-12)15(20)19-16(2)6-4-3-5-7-16/h3-4,8-10,17H,5-7H2,1-2H3,(H,19,20). The number of carbonyl (C=O) groups is 1. The van der Waals surface area contributed by atoms with Gasteiger partial charge >= 0.3 is 0 Å². The molecule has 0 aliphatic heterocycles. The van der Waals surface area contributed by atoms with E-state index in [0.29, 0.717) is 5.69 Å². The predicted molar refractivity (Wildman–Crippen MR) is 85.5 cm³/mol. The number of nitrogens with zero attached hydrogens (tertiary/aromatic N) is 1. The van der Waals surface area contributed by atoms with Crippen LogP contribution >= 0.6 is 11.3 Å². The number of hydrogen-bond donors (Lipinski definition) is 2. The number of thiazole rings is 1. The van der Waals surface area contributed by atoms with Crippen LogP contribution in [0.4, 0.5) is 0 Å². The first-order valence-corrected chi connectivity index (χ1v) is 8.02. The number of aromatic amines is 1. The van der Waals surface area contributed by atoms with Crippen LogP contribution in [0.1, 0.15) is 41.7 Å². The molecule has 0 spiro atoms. The van der Waals surface area contributed by atoms with E-state index < -0.39 is 0 Å². The topological polar surface area (TPSA) is 57.8 Å². The maximum Gasteiger partial charge on any atom is 0.268 e. The average molecular weight is 301 g/mol. The van der Waals surface area contributed by atoms with Crippen molar-refractivity contribution in [3.8, 4) is 11.3 Å². The van der Waals surface area contributed by atoms with E-state index in [9.17, 15) is 4.79 Å². The summed E-state index contributed by atoms with van der Waals surface area (Å²) in [6.07, 6.45) is 9.04. The molecular weight excluding hydrogens is 282 g/mol. The van der Waals surface area contributed by atoms with E-state index in [1.54, 1.807) is 11.3 Å². The van der Waals surface area contributed by atoms with Gasteiger partial charge in [-0.15, -0.1) is 11.3 Å². The summed E-state index contributed by atoms with van der Waals surface area (Å²) in [7, 11) is 0. The Morgan fingerprint density at radius 1 is 1.48 bits per heavy atom. The molecule has 0 bridgehead atoms. The Kier molecular flexibility index (Phi) is 3.68. The van der Waals surface area contributed by atoms with Crippen molar-refractivity contribution in [2.75, 3.05) is 0 Å². The third kappa shape index (κ3) is 3.08. The second-order valence-corrected chi connectivity index (χ2v) is 6.85. The fourth-order valence-electron chi connectivity index (χ4n) is 2.59. The van der Waals surface area contributed by atoms with Crippen molar-refractivity contribution in [2.24, 2.45) is 0 Å². The van der Waals surface area contributed by atoms with Crippen molar-refractivity contribution in [3.05, 3.63) is 40.5 Å². The van der Waals surface area contributed by atoms with Crippen LogP contribution in [0.2, 0.25) is 0 Å². The summed E-state index contributed by atoms with van der Waals surface area (Å²) in [5.74, 6) is -0.0500. The van der Waals surface area contributed by atoms with Gasteiger partial charge in [0.15, 0.2) is 0 Å². The van der Waals surface area contributed by atoms with Crippen LogP contribution in [0.3, 0.4) is 0 Å². The Morgan fingerprint density at radius 3 is 3.00 bits per heavy atom. The van der Waals surface area contributed by atoms with E-state index in [1.165, 1.54) is 0 Å². The number of carbonyl (C=O) groups excluding carboxylic acids is 1. The zero-order chi connectivity index (χ0) is 14.9. The molecule has 0 saturated heterocycles. The molecule has 2 N–H and O–H groups in total. The molecule has 0 radical (unpaired) electrons. The molecular formula is C16H19N3OS. The smallest absolute Gasteiger partial charge is 0.268 e. The average Bonchev–Trinajstić information content (AvgIpc) is 3.07. The first-order valence-electron chi connectivity index (χ1n) is 7.14. The SMILES string of the molecule is Cc1nc(-c2c[nH]c(C(=O)NC3(C)CC=CCC3)c2)cs1. The zero-order valence-electron chi connectivity index (χ0n) is 12.3. The number of allylic oxidation sites excluding steroid dienone is 1. The molecule has 2 aromatic heterocycles. The second kappa shape index (κ2) is 5.48. The molecule has 0 fully saturated rings.